The molecule has 1 aromatic heterocycles. The van der Waals surface area contributed by atoms with Crippen molar-refractivity contribution in [2.45, 2.75) is 26.2 Å². The lowest BCUT2D eigenvalue weighted by Gasteiger charge is -2.16. The van der Waals surface area contributed by atoms with Gasteiger partial charge in [-0.2, -0.15) is 0 Å². The zero-order chi connectivity index (χ0) is 10.8. The molecule has 0 aromatic carbocycles. The minimum atomic E-state index is -0.0859. The van der Waals surface area contributed by atoms with Crippen LogP contribution in [0.5, 0.6) is 0 Å². The smallest absolute Gasteiger partial charge is 0.134 e. The van der Waals surface area contributed by atoms with E-state index in [1.54, 1.807) is 12.3 Å². The van der Waals surface area contributed by atoms with Gasteiger partial charge in [-0.15, -0.1) is 0 Å². The third-order valence-electron chi connectivity index (χ3n) is 1.88. The molecule has 0 unspecified atom stereocenters. The average molecular weight is 189 g/mol. The summed E-state index contributed by atoms with van der Waals surface area (Å²) in [6, 6.07) is 0. The second-order valence-corrected chi connectivity index (χ2v) is 4.13. The van der Waals surface area contributed by atoms with Crippen molar-refractivity contribution < 1.29 is 0 Å². The number of hydrogen-bond acceptors (Lipinski definition) is 3. The molecule has 74 valence electrons. The van der Waals surface area contributed by atoms with Crippen LogP contribution < -0.4 is 0 Å². The van der Waals surface area contributed by atoms with Gasteiger partial charge in [-0.05, 0) is 0 Å². The van der Waals surface area contributed by atoms with Crippen LogP contribution in [-0.2, 0) is 5.41 Å². The van der Waals surface area contributed by atoms with Gasteiger partial charge in [-0.1, -0.05) is 33.4 Å². The lowest BCUT2D eigenvalue weighted by molar-refractivity contribution is 0.544. The van der Waals surface area contributed by atoms with Gasteiger partial charge in [0.2, 0.25) is 0 Å². The van der Waals surface area contributed by atoms with Crippen molar-refractivity contribution in [3.05, 3.63) is 29.9 Å². The fourth-order valence-corrected chi connectivity index (χ4v) is 1.04. The minimum absolute atomic E-state index is 0.0859. The van der Waals surface area contributed by atoms with Crippen molar-refractivity contribution in [3.63, 3.8) is 0 Å². The first-order valence-electron chi connectivity index (χ1n) is 4.49. The average Bonchev–Trinajstić information content (AvgIpc) is 2.15. The van der Waals surface area contributed by atoms with Gasteiger partial charge < -0.3 is 5.41 Å². The molecule has 0 fully saturated rings. The maximum atomic E-state index is 7.23. The van der Waals surface area contributed by atoms with Crippen molar-refractivity contribution in [2.24, 2.45) is 0 Å². The Labute approximate surface area is 84.4 Å². The van der Waals surface area contributed by atoms with Crippen LogP contribution in [0.2, 0.25) is 0 Å². The second-order valence-electron chi connectivity index (χ2n) is 4.13. The topological polar surface area (TPSA) is 49.6 Å². The van der Waals surface area contributed by atoms with Gasteiger partial charge in [0.15, 0.2) is 0 Å². The van der Waals surface area contributed by atoms with Gasteiger partial charge >= 0.3 is 0 Å². The van der Waals surface area contributed by atoms with Crippen molar-refractivity contribution >= 4 is 12.3 Å². The molecule has 0 atom stereocenters. The summed E-state index contributed by atoms with van der Waals surface area (Å²) in [5.74, 6) is 0.751. The molecular formula is C11H15N3. The van der Waals surface area contributed by atoms with Crippen molar-refractivity contribution in [2.75, 3.05) is 0 Å². The fraction of sp³-hybridized carbons (Fsp3) is 0.364. The molecule has 3 heteroatoms. The summed E-state index contributed by atoms with van der Waals surface area (Å²) in [6.07, 6.45) is 4.60. The van der Waals surface area contributed by atoms with Gasteiger partial charge in [0.05, 0.1) is 5.69 Å². The van der Waals surface area contributed by atoms with Crippen LogP contribution >= 0.6 is 0 Å². The molecule has 0 aliphatic heterocycles. The van der Waals surface area contributed by atoms with Gasteiger partial charge in [-0.25, -0.2) is 9.97 Å². The Morgan fingerprint density at radius 1 is 1.43 bits per heavy atom. The Morgan fingerprint density at radius 3 is 2.50 bits per heavy atom. The monoisotopic (exact) mass is 189 g/mol. The molecule has 0 aliphatic rings. The SMILES string of the molecule is C=Cc1cnc(C(C)(C)C)nc1C=N. The minimum Gasteiger partial charge on any atom is -0.306 e. The Balaban J connectivity index is 3.27. The first-order chi connectivity index (χ1) is 6.49. The van der Waals surface area contributed by atoms with Gasteiger partial charge in [0.25, 0.3) is 0 Å². The molecule has 0 saturated carbocycles. The second kappa shape index (κ2) is 3.70. The summed E-state index contributed by atoms with van der Waals surface area (Å²) < 4.78 is 0. The standard InChI is InChI=1S/C11H15N3/c1-5-8-7-13-10(11(2,3)4)14-9(8)6-12/h5-7,12H,1H2,2-4H3. The van der Waals surface area contributed by atoms with Gasteiger partial charge in [0.1, 0.15) is 5.82 Å². The molecular weight excluding hydrogens is 174 g/mol. The highest BCUT2D eigenvalue weighted by atomic mass is 14.9. The quantitative estimate of drug-likeness (QED) is 0.726. The van der Waals surface area contributed by atoms with Crippen LogP contribution in [0.3, 0.4) is 0 Å². The molecule has 0 radical (unpaired) electrons. The number of aromatic nitrogens is 2. The zero-order valence-corrected chi connectivity index (χ0v) is 8.83. The van der Waals surface area contributed by atoms with E-state index < -0.39 is 0 Å². The molecule has 0 saturated heterocycles. The molecule has 1 aromatic rings. The van der Waals surface area contributed by atoms with E-state index in [4.69, 9.17) is 5.41 Å². The summed E-state index contributed by atoms with van der Waals surface area (Å²) in [6.45, 7) is 9.78. The largest absolute Gasteiger partial charge is 0.306 e. The Kier molecular flexibility index (Phi) is 2.79. The van der Waals surface area contributed by atoms with Crippen molar-refractivity contribution in [1.29, 1.82) is 5.41 Å². The van der Waals surface area contributed by atoms with E-state index in [0.29, 0.717) is 5.69 Å². The predicted molar refractivity (Wildman–Crippen MR) is 58.7 cm³/mol. The molecule has 3 nitrogen and oxygen atoms in total. The van der Waals surface area contributed by atoms with Crippen molar-refractivity contribution in [1.82, 2.24) is 9.97 Å². The highest BCUT2D eigenvalue weighted by Crippen LogP contribution is 2.18. The van der Waals surface area contributed by atoms with Gasteiger partial charge in [0, 0.05) is 23.4 Å². The Morgan fingerprint density at radius 2 is 2.07 bits per heavy atom. The van der Waals surface area contributed by atoms with Crippen LogP contribution in [0.25, 0.3) is 6.08 Å². The third kappa shape index (κ3) is 2.05. The maximum Gasteiger partial charge on any atom is 0.134 e. The maximum absolute atomic E-state index is 7.23. The summed E-state index contributed by atoms with van der Waals surface area (Å²) >= 11 is 0. The van der Waals surface area contributed by atoms with E-state index in [0.717, 1.165) is 11.4 Å². The number of hydrogen-bond donors (Lipinski definition) is 1. The van der Waals surface area contributed by atoms with Crippen LogP contribution in [0, 0.1) is 5.41 Å². The van der Waals surface area contributed by atoms with E-state index in [2.05, 4.69) is 16.5 Å². The van der Waals surface area contributed by atoms with E-state index in [1.165, 1.54) is 6.21 Å². The molecule has 0 amide bonds. The Hall–Kier alpha value is -1.51. The number of rotatable bonds is 2. The molecule has 1 heterocycles. The Bertz CT molecular complexity index is 361. The summed E-state index contributed by atoms with van der Waals surface area (Å²) in [7, 11) is 0. The number of nitrogens with one attached hydrogen (secondary N) is 1. The molecule has 0 bridgehead atoms. The van der Waals surface area contributed by atoms with Crippen LogP contribution in [0.4, 0.5) is 0 Å². The lowest BCUT2D eigenvalue weighted by Crippen LogP contribution is -2.17. The van der Waals surface area contributed by atoms with E-state index >= 15 is 0 Å². The third-order valence-corrected chi connectivity index (χ3v) is 1.88. The molecule has 0 spiro atoms. The zero-order valence-electron chi connectivity index (χ0n) is 8.83. The molecule has 1 rings (SSSR count). The highest BCUT2D eigenvalue weighted by Gasteiger charge is 2.17. The molecule has 1 N–H and O–H groups in total. The molecule has 14 heavy (non-hydrogen) atoms. The van der Waals surface area contributed by atoms with E-state index in [-0.39, 0.29) is 5.41 Å². The van der Waals surface area contributed by atoms with Crippen molar-refractivity contribution in [3.8, 4) is 0 Å². The van der Waals surface area contributed by atoms with E-state index in [9.17, 15) is 0 Å². The first-order valence-corrected chi connectivity index (χ1v) is 4.49. The molecule has 0 aliphatic carbocycles. The predicted octanol–water partition coefficient (Wildman–Crippen LogP) is 2.41. The fourth-order valence-electron chi connectivity index (χ4n) is 1.04. The van der Waals surface area contributed by atoms with Crippen LogP contribution in [-0.4, -0.2) is 16.2 Å². The normalized spacial score (nSPS) is 11.1. The lowest BCUT2D eigenvalue weighted by atomic mass is 9.95. The van der Waals surface area contributed by atoms with E-state index in [1.807, 2.05) is 20.8 Å². The van der Waals surface area contributed by atoms with Crippen LogP contribution in [0.1, 0.15) is 37.9 Å². The van der Waals surface area contributed by atoms with Crippen LogP contribution in [0.15, 0.2) is 12.8 Å². The number of nitrogens with zero attached hydrogens (tertiary/aromatic N) is 2. The van der Waals surface area contributed by atoms with Gasteiger partial charge in [-0.3, -0.25) is 0 Å². The summed E-state index contributed by atoms with van der Waals surface area (Å²) in [4.78, 5) is 8.55. The first kappa shape index (κ1) is 10.6. The summed E-state index contributed by atoms with van der Waals surface area (Å²) in [5.41, 5.74) is 1.34. The highest BCUT2D eigenvalue weighted by molar-refractivity contribution is 5.80. The summed E-state index contributed by atoms with van der Waals surface area (Å²) in [5, 5.41) is 7.23.